The van der Waals surface area contributed by atoms with Gasteiger partial charge in [-0.15, -0.1) is 11.3 Å². The molecule has 0 saturated carbocycles. The molecule has 0 aliphatic rings. The molecule has 21 heavy (non-hydrogen) atoms. The van der Waals surface area contributed by atoms with Gasteiger partial charge in [-0.05, 0) is 43.2 Å². The van der Waals surface area contributed by atoms with Crippen LogP contribution < -0.4 is 10.5 Å². The van der Waals surface area contributed by atoms with Crippen LogP contribution in [0.3, 0.4) is 0 Å². The van der Waals surface area contributed by atoms with Crippen LogP contribution in [-0.4, -0.2) is 14.3 Å². The van der Waals surface area contributed by atoms with E-state index in [0.717, 1.165) is 16.9 Å². The molecule has 0 aliphatic heterocycles. The van der Waals surface area contributed by atoms with Gasteiger partial charge in [0.25, 0.3) is 5.91 Å². The molecule has 1 heterocycles. The number of halogens is 1. The van der Waals surface area contributed by atoms with Gasteiger partial charge in [0.1, 0.15) is 10.0 Å². The van der Waals surface area contributed by atoms with Crippen LogP contribution in [0, 0.1) is 19.7 Å². The van der Waals surface area contributed by atoms with Crippen LogP contribution in [0.15, 0.2) is 28.5 Å². The van der Waals surface area contributed by atoms with E-state index < -0.39 is 21.7 Å². The van der Waals surface area contributed by atoms with E-state index in [-0.39, 0.29) is 14.8 Å². The summed E-state index contributed by atoms with van der Waals surface area (Å²) in [6.45, 7) is 3.32. The van der Waals surface area contributed by atoms with Gasteiger partial charge < -0.3 is 5.32 Å². The number of hydrogen-bond donors (Lipinski definition) is 2. The molecule has 2 rings (SSSR count). The number of carbonyl (C=O) groups is 1. The van der Waals surface area contributed by atoms with Gasteiger partial charge in [-0.1, -0.05) is 6.07 Å². The molecule has 0 spiro atoms. The van der Waals surface area contributed by atoms with E-state index in [0.29, 0.717) is 5.56 Å². The van der Waals surface area contributed by atoms with Crippen LogP contribution in [0.4, 0.5) is 10.1 Å². The summed E-state index contributed by atoms with van der Waals surface area (Å²) in [5.74, 6) is -1.13. The summed E-state index contributed by atoms with van der Waals surface area (Å²) in [6, 6.07) is 5.73. The summed E-state index contributed by atoms with van der Waals surface area (Å²) < 4.78 is 36.1. The molecular weight excluding hydrogens is 315 g/mol. The molecule has 2 aromatic rings. The summed E-state index contributed by atoms with van der Waals surface area (Å²) in [6.07, 6.45) is 0. The molecule has 1 aromatic heterocycles. The fourth-order valence-corrected chi connectivity index (χ4v) is 3.58. The summed E-state index contributed by atoms with van der Waals surface area (Å²) in [7, 11) is -3.86. The minimum absolute atomic E-state index is 0.0376. The van der Waals surface area contributed by atoms with Crippen molar-refractivity contribution in [1.82, 2.24) is 0 Å². The fraction of sp³-hybridized carbons (Fsp3) is 0.154. The summed E-state index contributed by atoms with van der Waals surface area (Å²) in [5.41, 5.74) is 1.24. The molecule has 0 fully saturated rings. The number of sulfonamides is 1. The molecule has 0 radical (unpaired) electrons. The van der Waals surface area contributed by atoms with Crippen LogP contribution >= 0.6 is 11.3 Å². The van der Waals surface area contributed by atoms with Crippen molar-refractivity contribution in [2.45, 2.75) is 18.1 Å². The number of nitrogens with two attached hydrogens (primary N) is 1. The largest absolute Gasteiger partial charge is 0.319 e. The Bertz CT molecular complexity index is 813. The number of amides is 1. The van der Waals surface area contributed by atoms with Crippen molar-refractivity contribution in [3.8, 4) is 0 Å². The molecule has 0 unspecified atom stereocenters. The molecule has 8 heteroatoms. The quantitative estimate of drug-likeness (QED) is 0.906. The third-order valence-electron chi connectivity index (χ3n) is 2.75. The number of anilines is 1. The second-order valence-electron chi connectivity index (χ2n) is 4.56. The van der Waals surface area contributed by atoms with E-state index in [1.165, 1.54) is 18.2 Å². The maximum absolute atomic E-state index is 13.7. The number of aryl methyl sites for hydroxylation is 2. The Kier molecular flexibility index (Phi) is 4.13. The molecule has 1 amide bonds. The number of primary sulfonamides is 1. The number of nitrogens with one attached hydrogen (secondary N) is 1. The van der Waals surface area contributed by atoms with E-state index in [4.69, 9.17) is 5.14 Å². The average molecular weight is 328 g/mol. The Morgan fingerprint density at radius 1 is 1.29 bits per heavy atom. The third kappa shape index (κ3) is 3.46. The second-order valence-corrected chi connectivity index (χ2v) is 7.40. The van der Waals surface area contributed by atoms with E-state index >= 15 is 0 Å². The first-order valence-corrected chi connectivity index (χ1v) is 8.25. The Hall–Kier alpha value is -1.77. The molecule has 0 aliphatic carbocycles. The van der Waals surface area contributed by atoms with Crippen LogP contribution in [0.25, 0.3) is 0 Å². The SMILES string of the molecule is Cc1ccc(NC(=O)c2sc(S(N)(=O)=O)cc2C)c(F)c1. The predicted octanol–water partition coefficient (Wildman–Crippen LogP) is 2.40. The van der Waals surface area contributed by atoms with Crippen molar-refractivity contribution in [1.29, 1.82) is 0 Å². The first kappa shape index (κ1) is 15.6. The van der Waals surface area contributed by atoms with Crippen molar-refractivity contribution in [3.05, 3.63) is 46.1 Å². The van der Waals surface area contributed by atoms with Gasteiger partial charge in [-0.3, -0.25) is 4.79 Å². The van der Waals surface area contributed by atoms with Crippen LogP contribution in [0.2, 0.25) is 0 Å². The van der Waals surface area contributed by atoms with E-state index in [9.17, 15) is 17.6 Å². The second kappa shape index (κ2) is 5.55. The van der Waals surface area contributed by atoms with Gasteiger partial charge in [0.15, 0.2) is 0 Å². The number of benzene rings is 1. The van der Waals surface area contributed by atoms with Gasteiger partial charge in [0.2, 0.25) is 10.0 Å². The van der Waals surface area contributed by atoms with Crippen molar-refractivity contribution < 1.29 is 17.6 Å². The van der Waals surface area contributed by atoms with Crippen molar-refractivity contribution in [2.75, 3.05) is 5.32 Å². The lowest BCUT2D eigenvalue weighted by molar-refractivity contribution is 0.102. The van der Waals surface area contributed by atoms with Crippen molar-refractivity contribution >= 4 is 33.0 Å². The highest BCUT2D eigenvalue weighted by Crippen LogP contribution is 2.26. The minimum atomic E-state index is -3.86. The maximum Gasteiger partial charge on any atom is 0.266 e. The van der Waals surface area contributed by atoms with Gasteiger partial charge >= 0.3 is 0 Å². The molecule has 0 saturated heterocycles. The highest BCUT2D eigenvalue weighted by Gasteiger charge is 2.19. The van der Waals surface area contributed by atoms with E-state index in [1.54, 1.807) is 19.9 Å². The number of carbonyl (C=O) groups excluding carboxylic acids is 1. The molecule has 0 bridgehead atoms. The van der Waals surface area contributed by atoms with Crippen LogP contribution in [0.5, 0.6) is 0 Å². The highest BCUT2D eigenvalue weighted by atomic mass is 32.2. The monoisotopic (exact) mass is 328 g/mol. The normalized spacial score (nSPS) is 11.4. The molecule has 0 atom stereocenters. The standard InChI is InChI=1S/C13H13FN2O3S2/c1-7-3-4-10(9(14)5-7)16-13(17)12-8(2)6-11(20-12)21(15,18)19/h3-6H,1-2H3,(H,16,17)(H2,15,18,19). The molecule has 5 nitrogen and oxygen atoms in total. The number of hydrogen-bond acceptors (Lipinski definition) is 4. The zero-order valence-corrected chi connectivity index (χ0v) is 12.9. The Labute approximate surface area is 125 Å². The van der Waals surface area contributed by atoms with Crippen molar-refractivity contribution in [3.63, 3.8) is 0 Å². The Morgan fingerprint density at radius 3 is 2.48 bits per heavy atom. The number of thiophene rings is 1. The Morgan fingerprint density at radius 2 is 1.95 bits per heavy atom. The van der Waals surface area contributed by atoms with Crippen LogP contribution in [-0.2, 0) is 10.0 Å². The first-order chi connectivity index (χ1) is 9.68. The minimum Gasteiger partial charge on any atom is -0.319 e. The summed E-state index contributed by atoms with van der Waals surface area (Å²) in [5, 5.41) is 7.44. The maximum atomic E-state index is 13.7. The van der Waals surface area contributed by atoms with Gasteiger partial charge in [0, 0.05) is 0 Å². The zero-order valence-electron chi connectivity index (χ0n) is 11.3. The van der Waals surface area contributed by atoms with Gasteiger partial charge in [-0.2, -0.15) is 0 Å². The lowest BCUT2D eigenvalue weighted by Crippen LogP contribution is -2.12. The van der Waals surface area contributed by atoms with Crippen molar-refractivity contribution in [2.24, 2.45) is 5.14 Å². The lowest BCUT2D eigenvalue weighted by Gasteiger charge is -2.06. The summed E-state index contributed by atoms with van der Waals surface area (Å²) >= 11 is 0.755. The molecule has 1 aromatic carbocycles. The highest BCUT2D eigenvalue weighted by molar-refractivity contribution is 7.91. The Balaban J connectivity index is 2.31. The zero-order chi connectivity index (χ0) is 15.8. The molecule has 3 N–H and O–H groups in total. The fourth-order valence-electron chi connectivity index (χ4n) is 1.72. The molecule has 112 valence electrons. The van der Waals surface area contributed by atoms with Gasteiger partial charge in [0.05, 0.1) is 10.6 Å². The number of rotatable bonds is 3. The predicted molar refractivity (Wildman–Crippen MR) is 79.5 cm³/mol. The lowest BCUT2D eigenvalue weighted by atomic mass is 10.2. The summed E-state index contributed by atoms with van der Waals surface area (Å²) in [4.78, 5) is 12.3. The topological polar surface area (TPSA) is 89.3 Å². The van der Waals surface area contributed by atoms with E-state index in [1.807, 2.05) is 0 Å². The first-order valence-electron chi connectivity index (χ1n) is 5.89. The molecular formula is C13H13FN2O3S2. The van der Waals surface area contributed by atoms with Crippen LogP contribution in [0.1, 0.15) is 20.8 Å². The van der Waals surface area contributed by atoms with E-state index in [2.05, 4.69) is 5.32 Å². The smallest absolute Gasteiger partial charge is 0.266 e. The third-order valence-corrected chi connectivity index (χ3v) is 5.41. The van der Waals surface area contributed by atoms with Gasteiger partial charge in [-0.25, -0.2) is 17.9 Å². The average Bonchev–Trinajstić information content (AvgIpc) is 2.75.